The van der Waals surface area contributed by atoms with Crippen molar-refractivity contribution in [2.75, 3.05) is 18.9 Å². The molecule has 0 spiro atoms. The highest BCUT2D eigenvalue weighted by Gasteiger charge is 2.03. The van der Waals surface area contributed by atoms with Crippen LogP contribution in [0, 0.1) is 6.92 Å². The molecule has 0 bridgehead atoms. The predicted molar refractivity (Wildman–Crippen MR) is 82.9 cm³/mol. The third kappa shape index (κ3) is 4.34. The largest absolute Gasteiger partial charge is 0.482 e. The standard InChI is InChI=1S/C15H18N4O3/c1-3-21-14(20)10-22-13-6-4-12(5-7-13)8-17-19-9-11(2)18-15(19)16/h4-9H,3,10H2,1-2H3,(H2,16,18). The van der Waals surface area contributed by atoms with Crippen molar-refractivity contribution in [2.45, 2.75) is 13.8 Å². The molecule has 0 unspecified atom stereocenters. The zero-order valence-corrected chi connectivity index (χ0v) is 12.5. The van der Waals surface area contributed by atoms with Crippen LogP contribution < -0.4 is 10.5 Å². The highest BCUT2D eigenvalue weighted by molar-refractivity contribution is 5.79. The Morgan fingerprint density at radius 2 is 2.14 bits per heavy atom. The van der Waals surface area contributed by atoms with Crippen molar-refractivity contribution in [3.63, 3.8) is 0 Å². The molecule has 0 aliphatic rings. The Morgan fingerprint density at radius 3 is 2.73 bits per heavy atom. The number of imidazole rings is 1. The van der Waals surface area contributed by atoms with E-state index in [9.17, 15) is 4.79 Å². The second kappa shape index (κ2) is 7.26. The van der Waals surface area contributed by atoms with E-state index in [0.717, 1.165) is 11.3 Å². The molecule has 7 nitrogen and oxygen atoms in total. The Hall–Kier alpha value is -2.83. The number of esters is 1. The summed E-state index contributed by atoms with van der Waals surface area (Å²) in [5, 5.41) is 4.21. The van der Waals surface area contributed by atoms with Crippen LogP contribution >= 0.6 is 0 Å². The van der Waals surface area contributed by atoms with Gasteiger partial charge in [-0.05, 0) is 43.7 Å². The number of carbonyl (C=O) groups is 1. The lowest BCUT2D eigenvalue weighted by atomic mass is 10.2. The fourth-order valence-electron chi connectivity index (χ4n) is 1.72. The maximum absolute atomic E-state index is 11.2. The maximum atomic E-state index is 11.2. The van der Waals surface area contributed by atoms with Gasteiger partial charge in [-0.25, -0.2) is 14.5 Å². The molecule has 0 atom stereocenters. The van der Waals surface area contributed by atoms with Crippen molar-refractivity contribution in [1.29, 1.82) is 0 Å². The first kappa shape index (κ1) is 15.6. The number of hydrogen-bond acceptors (Lipinski definition) is 6. The van der Waals surface area contributed by atoms with Gasteiger partial charge in [0, 0.05) is 0 Å². The van der Waals surface area contributed by atoms with Gasteiger partial charge in [-0.3, -0.25) is 0 Å². The molecule has 2 rings (SSSR count). The lowest BCUT2D eigenvalue weighted by molar-refractivity contribution is -0.145. The number of anilines is 1. The third-order valence-electron chi connectivity index (χ3n) is 2.71. The van der Waals surface area contributed by atoms with Crippen LogP contribution in [0.25, 0.3) is 0 Å². The number of aromatic nitrogens is 2. The summed E-state index contributed by atoms with van der Waals surface area (Å²) in [6.07, 6.45) is 3.40. The van der Waals surface area contributed by atoms with Gasteiger partial charge in [-0.15, -0.1) is 0 Å². The van der Waals surface area contributed by atoms with Gasteiger partial charge in [0.15, 0.2) is 6.61 Å². The summed E-state index contributed by atoms with van der Waals surface area (Å²) in [6.45, 7) is 3.83. The summed E-state index contributed by atoms with van der Waals surface area (Å²) in [6, 6.07) is 7.15. The summed E-state index contributed by atoms with van der Waals surface area (Å²) in [5.74, 6) is 0.533. The maximum Gasteiger partial charge on any atom is 0.344 e. The molecule has 0 amide bonds. The van der Waals surface area contributed by atoms with Crippen LogP contribution in [0.2, 0.25) is 0 Å². The lowest BCUT2D eigenvalue weighted by Gasteiger charge is -2.05. The molecule has 1 heterocycles. The summed E-state index contributed by atoms with van der Waals surface area (Å²) in [4.78, 5) is 15.2. The Kier molecular flexibility index (Phi) is 5.13. The number of nitrogen functional groups attached to an aromatic ring is 1. The Balaban J connectivity index is 1.94. The zero-order chi connectivity index (χ0) is 15.9. The van der Waals surface area contributed by atoms with Crippen molar-refractivity contribution in [2.24, 2.45) is 5.10 Å². The summed E-state index contributed by atoms with van der Waals surface area (Å²) < 4.78 is 11.6. The number of ether oxygens (including phenoxy) is 2. The number of nitrogens with zero attached hydrogens (tertiary/aromatic N) is 3. The second-order valence-corrected chi connectivity index (χ2v) is 4.49. The number of nitrogens with two attached hydrogens (primary N) is 1. The molecule has 7 heteroatoms. The van der Waals surface area contributed by atoms with Crippen molar-refractivity contribution < 1.29 is 14.3 Å². The minimum Gasteiger partial charge on any atom is -0.482 e. The van der Waals surface area contributed by atoms with Crippen LogP contribution in [-0.2, 0) is 9.53 Å². The Labute approximate surface area is 128 Å². The molecule has 0 saturated carbocycles. The molecular weight excluding hydrogens is 284 g/mol. The van der Waals surface area contributed by atoms with E-state index in [2.05, 4.69) is 10.1 Å². The van der Waals surface area contributed by atoms with Crippen LogP contribution in [0.3, 0.4) is 0 Å². The van der Waals surface area contributed by atoms with Crippen molar-refractivity contribution in [3.05, 3.63) is 41.7 Å². The first-order chi connectivity index (χ1) is 10.6. The minimum absolute atomic E-state index is 0.105. The van der Waals surface area contributed by atoms with E-state index >= 15 is 0 Å². The molecular formula is C15H18N4O3. The lowest BCUT2D eigenvalue weighted by Crippen LogP contribution is -2.14. The van der Waals surface area contributed by atoms with Gasteiger partial charge in [-0.2, -0.15) is 5.10 Å². The predicted octanol–water partition coefficient (Wildman–Crippen LogP) is 1.60. The fourth-order valence-corrected chi connectivity index (χ4v) is 1.72. The van der Waals surface area contributed by atoms with Crippen LogP contribution in [0.15, 0.2) is 35.6 Å². The molecule has 2 aromatic rings. The SMILES string of the molecule is CCOC(=O)COc1ccc(C=Nn2cc(C)nc2N)cc1. The molecule has 0 fully saturated rings. The van der Waals surface area contributed by atoms with Crippen molar-refractivity contribution in [3.8, 4) is 5.75 Å². The molecule has 116 valence electrons. The molecule has 0 aliphatic heterocycles. The normalized spacial score (nSPS) is 10.8. The van der Waals surface area contributed by atoms with Crippen LogP contribution in [0.1, 0.15) is 18.2 Å². The van der Waals surface area contributed by atoms with Gasteiger partial charge in [0.1, 0.15) is 5.75 Å². The summed E-state index contributed by atoms with van der Waals surface area (Å²) in [7, 11) is 0. The van der Waals surface area contributed by atoms with Crippen LogP contribution in [-0.4, -0.2) is 35.1 Å². The molecule has 1 aromatic carbocycles. The summed E-state index contributed by atoms with van der Waals surface area (Å²) in [5.41, 5.74) is 7.37. The summed E-state index contributed by atoms with van der Waals surface area (Å²) >= 11 is 0. The molecule has 1 aromatic heterocycles. The average Bonchev–Trinajstić information content (AvgIpc) is 2.82. The Morgan fingerprint density at radius 1 is 1.41 bits per heavy atom. The molecule has 22 heavy (non-hydrogen) atoms. The van der Waals surface area contributed by atoms with E-state index in [-0.39, 0.29) is 12.6 Å². The highest BCUT2D eigenvalue weighted by Crippen LogP contribution is 2.11. The van der Waals surface area contributed by atoms with Gasteiger partial charge in [0.25, 0.3) is 0 Å². The topological polar surface area (TPSA) is 91.7 Å². The quantitative estimate of drug-likeness (QED) is 0.646. The minimum atomic E-state index is -0.390. The smallest absolute Gasteiger partial charge is 0.344 e. The second-order valence-electron chi connectivity index (χ2n) is 4.49. The molecule has 2 N–H and O–H groups in total. The van der Waals surface area contributed by atoms with Gasteiger partial charge in [-0.1, -0.05) is 0 Å². The van der Waals surface area contributed by atoms with Gasteiger partial charge in [0.2, 0.25) is 5.95 Å². The van der Waals surface area contributed by atoms with Crippen molar-refractivity contribution in [1.82, 2.24) is 9.66 Å². The number of aryl methyl sites for hydroxylation is 1. The number of hydrogen-bond donors (Lipinski definition) is 1. The van der Waals surface area contributed by atoms with E-state index in [4.69, 9.17) is 15.2 Å². The number of benzene rings is 1. The van der Waals surface area contributed by atoms with E-state index in [1.54, 1.807) is 31.5 Å². The highest BCUT2D eigenvalue weighted by atomic mass is 16.6. The molecule has 0 saturated heterocycles. The van der Waals surface area contributed by atoms with E-state index in [1.165, 1.54) is 4.68 Å². The number of carbonyl (C=O) groups excluding carboxylic acids is 1. The third-order valence-corrected chi connectivity index (χ3v) is 2.71. The molecule has 0 aliphatic carbocycles. The fraction of sp³-hybridized carbons (Fsp3) is 0.267. The van der Waals surface area contributed by atoms with E-state index in [1.807, 2.05) is 19.1 Å². The molecule has 0 radical (unpaired) electrons. The monoisotopic (exact) mass is 302 g/mol. The van der Waals surface area contributed by atoms with Gasteiger partial charge < -0.3 is 15.2 Å². The van der Waals surface area contributed by atoms with Gasteiger partial charge >= 0.3 is 5.97 Å². The Bertz CT molecular complexity index is 662. The van der Waals surface area contributed by atoms with E-state index < -0.39 is 0 Å². The van der Waals surface area contributed by atoms with Crippen LogP contribution in [0.5, 0.6) is 5.75 Å². The van der Waals surface area contributed by atoms with Gasteiger partial charge in [0.05, 0.1) is 24.7 Å². The number of rotatable bonds is 6. The first-order valence-corrected chi connectivity index (χ1v) is 6.82. The average molecular weight is 302 g/mol. The van der Waals surface area contributed by atoms with E-state index in [0.29, 0.717) is 18.3 Å². The van der Waals surface area contributed by atoms with Crippen molar-refractivity contribution >= 4 is 18.1 Å². The zero-order valence-electron chi connectivity index (χ0n) is 12.5. The van der Waals surface area contributed by atoms with Crippen LogP contribution in [0.4, 0.5) is 5.95 Å². The first-order valence-electron chi connectivity index (χ1n) is 6.82.